The fourth-order valence-corrected chi connectivity index (χ4v) is 1.98. The number of hydrogen-bond acceptors (Lipinski definition) is 2. The Labute approximate surface area is 118 Å². The predicted molar refractivity (Wildman–Crippen MR) is 79.8 cm³/mol. The Morgan fingerprint density at radius 3 is 2.25 bits per heavy atom. The largest absolute Gasteiger partial charge is 0.374 e. The van der Waals surface area contributed by atoms with Crippen LogP contribution in [0.15, 0.2) is 48.5 Å². The number of Topliss-reactive ketones (excluding diaryl/α,β-unsaturated/α-hetero) is 1. The van der Waals surface area contributed by atoms with E-state index in [-0.39, 0.29) is 11.6 Å². The van der Waals surface area contributed by atoms with Crippen LogP contribution in [0.3, 0.4) is 0 Å². The minimum atomic E-state index is -0.321. The molecule has 2 nitrogen and oxygen atoms in total. The van der Waals surface area contributed by atoms with Crippen molar-refractivity contribution in [3.63, 3.8) is 0 Å². The summed E-state index contributed by atoms with van der Waals surface area (Å²) in [6, 6.07) is 13.9. The molecule has 0 aromatic heterocycles. The van der Waals surface area contributed by atoms with E-state index in [1.165, 1.54) is 29.8 Å². The molecule has 0 amide bonds. The molecule has 2 aromatic carbocycles. The Balaban J connectivity index is 1.92. The standard InChI is InChI=1S/C17H18FNO/c1-13-3-9-16(10-4-13)19(2)12-11-17(20)14-5-7-15(18)8-6-14/h3-10H,11-12H2,1-2H3. The highest BCUT2D eigenvalue weighted by Crippen LogP contribution is 2.14. The lowest BCUT2D eigenvalue weighted by molar-refractivity contribution is 0.0985. The van der Waals surface area contributed by atoms with Crippen molar-refractivity contribution < 1.29 is 9.18 Å². The predicted octanol–water partition coefficient (Wildman–Crippen LogP) is 3.84. The van der Waals surface area contributed by atoms with Gasteiger partial charge in [-0.2, -0.15) is 0 Å². The van der Waals surface area contributed by atoms with Crippen LogP contribution in [0.4, 0.5) is 10.1 Å². The summed E-state index contributed by atoms with van der Waals surface area (Å²) in [5, 5.41) is 0. The molecule has 0 aliphatic rings. The van der Waals surface area contributed by atoms with E-state index in [1.54, 1.807) is 0 Å². The number of anilines is 1. The molecule has 0 aliphatic heterocycles. The zero-order valence-electron chi connectivity index (χ0n) is 11.8. The molecule has 0 fully saturated rings. The molecule has 0 saturated heterocycles. The van der Waals surface area contributed by atoms with E-state index in [0.29, 0.717) is 18.5 Å². The molecule has 0 heterocycles. The summed E-state index contributed by atoms with van der Waals surface area (Å²) in [5.41, 5.74) is 2.86. The lowest BCUT2D eigenvalue weighted by Gasteiger charge is -2.19. The molecule has 0 saturated carbocycles. The first-order valence-corrected chi connectivity index (χ1v) is 6.63. The molecule has 0 unspecified atom stereocenters. The monoisotopic (exact) mass is 271 g/mol. The van der Waals surface area contributed by atoms with Crippen LogP contribution in [0.1, 0.15) is 22.3 Å². The highest BCUT2D eigenvalue weighted by molar-refractivity contribution is 5.96. The first kappa shape index (κ1) is 14.3. The Kier molecular flexibility index (Phi) is 4.51. The Morgan fingerprint density at radius 1 is 1.05 bits per heavy atom. The summed E-state index contributed by atoms with van der Waals surface area (Å²) in [5.74, 6) is -0.290. The second kappa shape index (κ2) is 6.33. The minimum absolute atomic E-state index is 0.0314. The van der Waals surface area contributed by atoms with Gasteiger partial charge in [-0.25, -0.2) is 4.39 Å². The number of carbonyl (C=O) groups excluding carboxylic acids is 1. The number of benzene rings is 2. The van der Waals surface area contributed by atoms with E-state index in [2.05, 4.69) is 0 Å². The first-order valence-electron chi connectivity index (χ1n) is 6.63. The fourth-order valence-electron chi connectivity index (χ4n) is 1.98. The van der Waals surface area contributed by atoms with E-state index in [4.69, 9.17) is 0 Å². The van der Waals surface area contributed by atoms with Crippen molar-refractivity contribution in [2.75, 3.05) is 18.5 Å². The van der Waals surface area contributed by atoms with Crippen LogP contribution in [0.25, 0.3) is 0 Å². The van der Waals surface area contributed by atoms with Gasteiger partial charge in [-0.1, -0.05) is 17.7 Å². The molecule has 0 atom stereocenters. The first-order chi connectivity index (χ1) is 9.56. The molecule has 0 aliphatic carbocycles. The molecule has 2 rings (SSSR count). The van der Waals surface area contributed by atoms with Crippen molar-refractivity contribution in [1.82, 2.24) is 0 Å². The lowest BCUT2D eigenvalue weighted by Crippen LogP contribution is -2.21. The summed E-state index contributed by atoms with van der Waals surface area (Å²) in [6.07, 6.45) is 0.413. The van der Waals surface area contributed by atoms with Crippen LogP contribution in [0.5, 0.6) is 0 Å². The van der Waals surface area contributed by atoms with Crippen LogP contribution >= 0.6 is 0 Å². The maximum atomic E-state index is 12.8. The molecule has 104 valence electrons. The maximum absolute atomic E-state index is 12.8. The quantitative estimate of drug-likeness (QED) is 0.770. The summed E-state index contributed by atoms with van der Waals surface area (Å²) in [4.78, 5) is 14.0. The van der Waals surface area contributed by atoms with Crippen LogP contribution < -0.4 is 4.90 Å². The second-order valence-corrected chi connectivity index (χ2v) is 4.94. The average molecular weight is 271 g/mol. The van der Waals surface area contributed by atoms with Crippen molar-refractivity contribution in [1.29, 1.82) is 0 Å². The van der Waals surface area contributed by atoms with E-state index < -0.39 is 0 Å². The van der Waals surface area contributed by atoms with Gasteiger partial charge in [-0.15, -0.1) is 0 Å². The highest BCUT2D eigenvalue weighted by Gasteiger charge is 2.08. The normalized spacial score (nSPS) is 10.3. The van der Waals surface area contributed by atoms with Crippen LogP contribution in [-0.2, 0) is 0 Å². The molecule has 0 bridgehead atoms. The molecule has 0 N–H and O–H groups in total. The topological polar surface area (TPSA) is 20.3 Å². The van der Waals surface area contributed by atoms with Gasteiger partial charge in [0.1, 0.15) is 5.82 Å². The summed E-state index contributed by atoms with van der Waals surface area (Å²) < 4.78 is 12.8. The van der Waals surface area contributed by atoms with Gasteiger partial charge < -0.3 is 4.90 Å². The number of halogens is 1. The number of carbonyl (C=O) groups is 1. The van der Waals surface area contributed by atoms with Gasteiger partial charge in [0.2, 0.25) is 0 Å². The second-order valence-electron chi connectivity index (χ2n) is 4.94. The Hall–Kier alpha value is -2.16. The van der Waals surface area contributed by atoms with Crippen molar-refractivity contribution in [2.45, 2.75) is 13.3 Å². The minimum Gasteiger partial charge on any atom is -0.374 e. The molecule has 20 heavy (non-hydrogen) atoms. The van der Waals surface area contributed by atoms with Crippen molar-refractivity contribution >= 4 is 11.5 Å². The fraction of sp³-hybridized carbons (Fsp3) is 0.235. The zero-order valence-corrected chi connectivity index (χ0v) is 11.8. The van der Waals surface area contributed by atoms with Gasteiger partial charge in [0.05, 0.1) is 0 Å². The molecule has 3 heteroatoms. The van der Waals surface area contributed by atoms with Crippen LogP contribution in [-0.4, -0.2) is 19.4 Å². The third-order valence-corrected chi connectivity index (χ3v) is 3.32. The number of aryl methyl sites for hydroxylation is 1. The molecular formula is C17H18FNO. The van der Waals surface area contributed by atoms with E-state index >= 15 is 0 Å². The summed E-state index contributed by atoms with van der Waals surface area (Å²) in [7, 11) is 1.96. The molecule has 2 aromatic rings. The van der Waals surface area contributed by atoms with Crippen LogP contribution in [0.2, 0.25) is 0 Å². The third kappa shape index (κ3) is 3.67. The number of rotatable bonds is 5. The lowest BCUT2D eigenvalue weighted by atomic mass is 10.1. The smallest absolute Gasteiger partial charge is 0.164 e. The van der Waals surface area contributed by atoms with Crippen LogP contribution in [0, 0.1) is 12.7 Å². The van der Waals surface area contributed by atoms with E-state index in [9.17, 15) is 9.18 Å². The Morgan fingerprint density at radius 2 is 1.65 bits per heavy atom. The summed E-state index contributed by atoms with van der Waals surface area (Å²) >= 11 is 0. The SMILES string of the molecule is Cc1ccc(N(C)CCC(=O)c2ccc(F)cc2)cc1. The van der Waals surface area contributed by atoms with E-state index in [0.717, 1.165) is 5.69 Å². The summed E-state index contributed by atoms with van der Waals surface area (Å²) in [6.45, 7) is 2.68. The third-order valence-electron chi connectivity index (χ3n) is 3.32. The maximum Gasteiger partial charge on any atom is 0.164 e. The number of hydrogen-bond donors (Lipinski definition) is 0. The van der Waals surface area contributed by atoms with Gasteiger partial charge in [-0.3, -0.25) is 4.79 Å². The zero-order chi connectivity index (χ0) is 14.5. The van der Waals surface area contributed by atoms with Gasteiger partial charge in [0.25, 0.3) is 0 Å². The van der Waals surface area contributed by atoms with Gasteiger partial charge >= 0.3 is 0 Å². The van der Waals surface area contributed by atoms with Gasteiger partial charge in [0.15, 0.2) is 5.78 Å². The number of nitrogens with zero attached hydrogens (tertiary/aromatic N) is 1. The van der Waals surface area contributed by atoms with Crippen molar-refractivity contribution in [2.24, 2.45) is 0 Å². The molecule has 0 spiro atoms. The molecule has 0 radical (unpaired) electrons. The van der Waals surface area contributed by atoms with Crippen molar-refractivity contribution in [3.05, 3.63) is 65.5 Å². The average Bonchev–Trinajstić information content (AvgIpc) is 2.46. The highest BCUT2D eigenvalue weighted by atomic mass is 19.1. The van der Waals surface area contributed by atoms with E-state index in [1.807, 2.05) is 43.1 Å². The van der Waals surface area contributed by atoms with Gasteiger partial charge in [0, 0.05) is 31.3 Å². The molecular weight excluding hydrogens is 253 g/mol. The van der Waals surface area contributed by atoms with Crippen molar-refractivity contribution in [3.8, 4) is 0 Å². The Bertz CT molecular complexity index is 575. The van der Waals surface area contributed by atoms with Gasteiger partial charge in [-0.05, 0) is 43.3 Å². The number of ketones is 1.